The summed E-state index contributed by atoms with van der Waals surface area (Å²) in [7, 11) is 2.24. The Bertz CT molecular complexity index is 265. The first-order chi connectivity index (χ1) is 6.31. The molecule has 69 valence electrons. The molecule has 2 rings (SSSR count). The Hall–Kier alpha value is -0.860. The third-order valence-corrected chi connectivity index (χ3v) is 2.73. The van der Waals surface area contributed by atoms with Gasteiger partial charge < -0.3 is 4.74 Å². The van der Waals surface area contributed by atoms with Crippen molar-refractivity contribution in [1.29, 1.82) is 0 Å². The van der Waals surface area contributed by atoms with Crippen molar-refractivity contribution in [2.24, 2.45) is 0 Å². The van der Waals surface area contributed by atoms with E-state index in [0.717, 1.165) is 30.8 Å². The van der Waals surface area contributed by atoms with Gasteiger partial charge in [0.2, 0.25) is 0 Å². The van der Waals surface area contributed by atoms with E-state index in [2.05, 4.69) is 25.2 Å². The summed E-state index contributed by atoms with van der Waals surface area (Å²) >= 11 is 0. The molecule has 0 aromatic heterocycles. The highest BCUT2D eigenvalue weighted by atomic mass is 16.5. The zero-order valence-corrected chi connectivity index (χ0v) is 7.99. The molecule has 0 bridgehead atoms. The van der Waals surface area contributed by atoms with E-state index >= 15 is 0 Å². The number of ether oxygens (including phenoxy) is 1. The first-order valence-electron chi connectivity index (χ1n) is 4.71. The minimum atomic E-state index is 0.860. The molecule has 0 atom stereocenters. The fourth-order valence-electron chi connectivity index (χ4n) is 1.71. The van der Waals surface area contributed by atoms with Crippen LogP contribution in [0.2, 0.25) is 0 Å². The van der Waals surface area contributed by atoms with E-state index in [-0.39, 0.29) is 0 Å². The van der Waals surface area contributed by atoms with Gasteiger partial charge in [0.25, 0.3) is 0 Å². The molecule has 0 unspecified atom stereocenters. The average molecular weight is 177 g/mol. The molecule has 0 spiro atoms. The van der Waals surface area contributed by atoms with Crippen LogP contribution in [0.3, 0.4) is 0 Å². The second-order valence-electron chi connectivity index (χ2n) is 3.70. The lowest BCUT2D eigenvalue weighted by molar-refractivity contribution is 0.0525. The number of likely N-dealkylation sites (N-methyl/N-ethyl adjacent to an activating group) is 1. The van der Waals surface area contributed by atoms with E-state index in [1.807, 2.05) is 12.1 Å². The Morgan fingerprint density at radius 2 is 2.08 bits per heavy atom. The van der Waals surface area contributed by atoms with Crippen LogP contribution in [-0.4, -0.2) is 33.4 Å². The number of hydrogen-bond donors (Lipinski definition) is 0. The molecule has 1 aromatic rings. The Morgan fingerprint density at radius 3 is 2.69 bits per heavy atom. The predicted molar refractivity (Wildman–Crippen MR) is 53.5 cm³/mol. The minimum Gasteiger partial charge on any atom is -0.370 e. The summed E-state index contributed by atoms with van der Waals surface area (Å²) in [5.41, 5.74) is 1.27. The number of para-hydroxylation sites is 1. The van der Waals surface area contributed by atoms with E-state index in [1.54, 1.807) is 0 Å². The third kappa shape index (κ3) is 1.74. The van der Waals surface area contributed by atoms with Crippen LogP contribution in [0, 0.1) is 6.07 Å². The monoisotopic (exact) mass is 177 g/mol. The van der Waals surface area contributed by atoms with Crippen molar-refractivity contribution in [3.8, 4) is 0 Å². The number of morpholine rings is 1. The van der Waals surface area contributed by atoms with Crippen LogP contribution in [0.15, 0.2) is 24.3 Å². The van der Waals surface area contributed by atoms with Gasteiger partial charge in [0, 0.05) is 6.07 Å². The maximum atomic E-state index is 5.36. The summed E-state index contributed by atoms with van der Waals surface area (Å²) in [5.74, 6) is 0. The van der Waals surface area contributed by atoms with E-state index in [9.17, 15) is 0 Å². The van der Waals surface area contributed by atoms with Gasteiger partial charge in [-0.3, -0.25) is 4.48 Å². The van der Waals surface area contributed by atoms with E-state index in [0.29, 0.717) is 0 Å². The largest absolute Gasteiger partial charge is 0.370 e. The lowest BCUT2D eigenvalue weighted by atomic mass is 10.2. The molecular weight excluding hydrogens is 162 g/mol. The second-order valence-corrected chi connectivity index (χ2v) is 3.70. The van der Waals surface area contributed by atoms with E-state index in [1.165, 1.54) is 5.69 Å². The van der Waals surface area contributed by atoms with Crippen molar-refractivity contribution in [3.63, 3.8) is 0 Å². The van der Waals surface area contributed by atoms with Crippen LogP contribution in [-0.2, 0) is 4.74 Å². The Balaban J connectivity index is 2.23. The Kier molecular flexibility index (Phi) is 2.34. The van der Waals surface area contributed by atoms with Crippen LogP contribution in [0.25, 0.3) is 0 Å². The standard InChI is InChI=1S/C11H15NO/c1-12(7-9-13-10-8-12)11-5-3-2-4-6-11/h2-5H,7-10H2,1H3/q+1. The Labute approximate surface area is 79.3 Å². The molecular formula is C11H15NO+. The molecule has 1 fully saturated rings. The summed E-state index contributed by atoms with van der Waals surface area (Å²) < 4.78 is 6.32. The molecule has 1 radical (unpaired) electrons. The maximum absolute atomic E-state index is 5.36. The lowest BCUT2D eigenvalue weighted by Crippen LogP contribution is -2.53. The number of nitrogens with zero attached hydrogens (tertiary/aromatic N) is 1. The normalized spacial score (nSPS) is 21.3. The zero-order chi connectivity index (χ0) is 9.15. The SMILES string of the molecule is C[N+]1(c2[c]cccc2)CCOCC1. The van der Waals surface area contributed by atoms with Crippen molar-refractivity contribution in [2.75, 3.05) is 33.4 Å². The maximum Gasteiger partial charge on any atom is 0.140 e. The Morgan fingerprint density at radius 1 is 1.31 bits per heavy atom. The van der Waals surface area contributed by atoms with Crippen molar-refractivity contribution >= 4 is 5.69 Å². The van der Waals surface area contributed by atoms with E-state index < -0.39 is 0 Å². The highest BCUT2D eigenvalue weighted by molar-refractivity contribution is 5.40. The molecule has 1 aliphatic rings. The topological polar surface area (TPSA) is 9.23 Å². The van der Waals surface area contributed by atoms with E-state index in [4.69, 9.17) is 4.74 Å². The van der Waals surface area contributed by atoms with Gasteiger partial charge in [0.15, 0.2) is 0 Å². The summed E-state index contributed by atoms with van der Waals surface area (Å²) in [6, 6.07) is 11.5. The van der Waals surface area contributed by atoms with Gasteiger partial charge in [-0.15, -0.1) is 0 Å². The molecule has 1 heterocycles. The van der Waals surface area contributed by atoms with Crippen LogP contribution in [0.4, 0.5) is 5.69 Å². The molecule has 0 N–H and O–H groups in total. The molecule has 0 aliphatic carbocycles. The van der Waals surface area contributed by atoms with Crippen molar-refractivity contribution in [1.82, 2.24) is 4.48 Å². The summed E-state index contributed by atoms with van der Waals surface area (Å²) in [4.78, 5) is 0. The third-order valence-electron chi connectivity index (χ3n) is 2.73. The molecule has 1 aromatic carbocycles. The molecule has 1 aliphatic heterocycles. The number of quaternary nitrogens is 1. The first kappa shape index (κ1) is 8.73. The minimum absolute atomic E-state index is 0.860. The van der Waals surface area contributed by atoms with Crippen LogP contribution >= 0.6 is 0 Å². The highest BCUT2D eigenvalue weighted by Crippen LogP contribution is 2.20. The lowest BCUT2D eigenvalue weighted by Gasteiger charge is -2.36. The van der Waals surface area contributed by atoms with Crippen LogP contribution in [0.1, 0.15) is 0 Å². The number of rotatable bonds is 1. The van der Waals surface area contributed by atoms with Crippen LogP contribution in [0.5, 0.6) is 0 Å². The van der Waals surface area contributed by atoms with Gasteiger partial charge in [0.05, 0.1) is 20.3 Å². The summed E-state index contributed by atoms with van der Waals surface area (Å²) in [6.07, 6.45) is 0. The van der Waals surface area contributed by atoms with Crippen molar-refractivity contribution < 1.29 is 4.74 Å². The molecule has 0 amide bonds. The molecule has 0 saturated carbocycles. The van der Waals surface area contributed by atoms with Gasteiger partial charge in [-0.25, -0.2) is 0 Å². The second kappa shape index (κ2) is 3.48. The van der Waals surface area contributed by atoms with Crippen molar-refractivity contribution in [3.05, 3.63) is 30.3 Å². The average Bonchev–Trinajstić information content (AvgIpc) is 2.20. The van der Waals surface area contributed by atoms with Crippen molar-refractivity contribution in [2.45, 2.75) is 0 Å². The fraction of sp³-hybridized carbons (Fsp3) is 0.455. The summed E-state index contributed by atoms with van der Waals surface area (Å²) in [6.45, 7) is 3.83. The quantitative estimate of drug-likeness (QED) is 0.590. The first-order valence-corrected chi connectivity index (χ1v) is 4.71. The number of hydrogen-bond acceptors (Lipinski definition) is 1. The molecule has 13 heavy (non-hydrogen) atoms. The predicted octanol–water partition coefficient (Wildman–Crippen LogP) is 1.45. The number of benzene rings is 1. The molecule has 2 heteroatoms. The fourth-order valence-corrected chi connectivity index (χ4v) is 1.71. The zero-order valence-electron chi connectivity index (χ0n) is 7.99. The van der Waals surface area contributed by atoms with Gasteiger partial charge in [0.1, 0.15) is 18.8 Å². The molecule has 2 nitrogen and oxygen atoms in total. The van der Waals surface area contributed by atoms with Gasteiger partial charge in [-0.2, -0.15) is 0 Å². The smallest absolute Gasteiger partial charge is 0.140 e. The summed E-state index contributed by atoms with van der Waals surface area (Å²) in [5, 5.41) is 0. The van der Waals surface area contributed by atoms with Gasteiger partial charge in [-0.1, -0.05) is 12.1 Å². The highest BCUT2D eigenvalue weighted by Gasteiger charge is 2.27. The van der Waals surface area contributed by atoms with Gasteiger partial charge >= 0.3 is 0 Å². The van der Waals surface area contributed by atoms with Crippen LogP contribution < -0.4 is 4.48 Å². The molecule has 1 saturated heterocycles. The van der Waals surface area contributed by atoms with Gasteiger partial charge in [-0.05, 0) is 12.1 Å².